The van der Waals surface area contributed by atoms with Gasteiger partial charge < -0.3 is 10.2 Å². The Kier molecular flexibility index (Phi) is 3.17. The van der Waals surface area contributed by atoms with Crippen molar-refractivity contribution in [3.8, 4) is 0 Å². The molecule has 14 heavy (non-hydrogen) atoms. The van der Waals surface area contributed by atoms with E-state index in [1.165, 1.54) is 0 Å². The second-order valence-corrected chi connectivity index (χ2v) is 4.38. The predicted molar refractivity (Wildman–Crippen MR) is 57.9 cm³/mol. The first kappa shape index (κ1) is 11.5. The van der Waals surface area contributed by atoms with Crippen molar-refractivity contribution in [2.24, 2.45) is 5.92 Å². The fourth-order valence-corrected chi connectivity index (χ4v) is 2.50. The van der Waals surface area contributed by atoms with Crippen molar-refractivity contribution < 1.29 is 10.2 Å². The number of rotatable bonds is 4. The predicted octanol–water partition coefficient (Wildman–Crippen LogP) is 2.03. The molecule has 0 aliphatic heterocycles. The normalized spacial score (nSPS) is 42.4. The van der Waals surface area contributed by atoms with E-state index in [4.69, 9.17) is 0 Å². The minimum atomic E-state index is -1.02. The molecule has 0 amide bonds. The summed E-state index contributed by atoms with van der Waals surface area (Å²) < 4.78 is 0. The molecule has 0 unspecified atom stereocenters. The van der Waals surface area contributed by atoms with Gasteiger partial charge in [0.15, 0.2) is 0 Å². The zero-order chi connectivity index (χ0) is 10.8. The van der Waals surface area contributed by atoms with Gasteiger partial charge in [0.25, 0.3) is 0 Å². The van der Waals surface area contributed by atoms with Crippen LogP contribution in [-0.4, -0.2) is 21.4 Å². The zero-order valence-electron chi connectivity index (χ0n) is 8.87. The molecular weight excluding hydrogens is 176 g/mol. The average molecular weight is 196 g/mol. The van der Waals surface area contributed by atoms with E-state index in [-0.39, 0.29) is 5.92 Å². The van der Waals surface area contributed by atoms with Gasteiger partial charge in [0, 0.05) is 0 Å². The van der Waals surface area contributed by atoms with Gasteiger partial charge in [-0.1, -0.05) is 19.1 Å². The Morgan fingerprint density at radius 2 is 1.86 bits per heavy atom. The molecule has 0 aromatic rings. The van der Waals surface area contributed by atoms with E-state index >= 15 is 0 Å². The molecule has 1 aliphatic rings. The van der Waals surface area contributed by atoms with Crippen molar-refractivity contribution in [1.82, 2.24) is 0 Å². The van der Waals surface area contributed by atoms with Crippen LogP contribution in [0.15, 0.2) is 25.3 Å². The van der Waals surface area contributed by atoms with Crippen molar-refractivity contribution in [3.05, 3.63) is 25.3 Å². The summed E-state index contributed by atoms with van der Waals surface area (Å²) in [5, 5.41) is 20.8. The van der Waals surface area contributed by atoms with Crippen LogP contribution >= 0.6 is 0 Å². The molecule has 0 spiro atoms. The van der Waals surface area contributed by atoms with Crippen LogP contribution in [0.2, 0.25) is 0 Å². The molecule has 0 bridgehead atoms. The van der Waals surface area contributed by atoms with Crippen LogP contribution < -0.4 is 0 Å². The van der Waals surface area contributed by atoms with Crippen molar-refractivity contribution in [3.63, 3.8) is 0 Å². The van der Waals surface area contributed by atoms with E-state index in [2.05, 4.69) is 13.2 Å². The molecule has 0 radical (unpaired) electrons. The number of hydrogen-bond donors (Lipinski definition) is 2. The first-order chi connectivity index (χ1) is 6.50. The van der Waals surface area contributed by atoms with Gasteiger partial charge in [0.05, 0.1) is 11.2 Å². The molecule has 2 nitrogen and oxygen atoms in total. The van der Waals surface area contributed by atoms with Gasteiger partial charge in [-0.25, -0.2) is 0 Å². The van der Waals surface area contributed by atoms with Crippen LogP contribution in [0.1, 0.15) is 32.6 Å². The average Bonchev–Trinajstić information content (AvgIpc) is 2.33. The Morgan fingerprint density at radius 3 is 2.36 bits per heavy atom. The van der Waals surface area contributed by atoms with Gasteiger partial charge in [0.2, 0.25) is 0 Å². The van der Waals surface area contributed by atoms with Crippen LogP contribution in [0.4, 0.5) is 0 Å². The highest BCUT2D eigenvalue weighted by Crippen LogP contribution is 2.47. The number of hydrogen-bond acceptors (Lipinski definition) is 2. The standard InChI is InChI=1S/C12H20O2/c1-4-7-11(13)9-6-10(3)12(11,14)8-5-2/h4-5,10,13-14H,1-2,6-9H2,3H3/t10-,11+,12-/m1/s1. The summed E-state index contributed by atoms with van der Waals surface area (Å²) in [5.41, 5.74) is -2.04. The molecule has 0 heterocycles. The Balaban J connectivity index is 2.95. The third-order valence-corrected chi connectivity index (χ3v) is 3.55. The summed E-state index contributed by atoms with van der Waals surface area (Å²) in [6, 6.07) is 0. The summed E-state index contributed by atoms with van der Waals surface area (Å²) in [6.07, 6.45) is 5.74. The Labute approximate surface area is 86.0 Å². The second kappa shape index (κ2) is 3.87. The largest absolute Gasteiger partial charge is 0.387 e. The van der Waals surface area contributed by atoms with Crippen molar-refractivity contribution in [2.75, 3.05) is 0 Å². The van der Waals surface area contributed by atoms with Crippen LogP contribution in [0.25, 0.3) is 0 Å². The minimum Gasteiger partial charge on any atom is -0.387 e. The van der Waals surface area contributed by atoms with Crippen LogP contribution in [0.3, 0.4) is 0 Å². The fourth-order valence-electron chi connectivity index (χ4n) is 2.50. The smallest absolute Gasteiger partial charge is 0.0995 e. The molecule has 1 rings (SSSR count). The molecular formula is C12H20O2. The molecule has 2 heteroatoms. The van der Waals surface area contributed by atoms with Gasteiger partial charge in [-0.05, 0) is 31.6 Å². The molecule has 2 N–H and O–H groups in total. The summed E-state index contributed by atoms with van der Waals surface area (Å²) in [5.74, 6) is 0.116. The maximum absolute atomic E-state index is 10.4. The molecule has 1 saturated carbocycles. The van der Waals surface area contributed by atoms with E-state index in [9.17, 15) is 10.2 Å². The lowest BCUT2D eigenvalue weighted by Crippen LogP contribution is -2.52. The SMILES string of the molecule is C=CC[C@]1(O)CC[C@@H](C)[C@]1(O)CC=C. The maximum atomic E-state index is 10.4. The van der Waals surface area contributed by atoms with Gasteiger partial charge in [-0.15, -0.1) is 13.2 Å². The van der Waals surface area contributed by atoms with Crippen LogP contribution in [0, 0.1) is 5.92 Å². The summed E-state index contributed by atoms with van der Waals surface area (Å²) in [7, 11) is 0. The third kappa shape index (κ3) is 1.53. The summed E-state index contributed by atoms with van der Waals surface area (Å²) in [6.45, 7) is 9.23. The zero-order valence-corrected chi connectivity index (χ0v) is 8.87. The Hall–Kier alpha value is -0.600. The molecule has 80 valence electrons. The van der Waals surface area contributed by atoms with E-state index < -0.39 is 11.2 Å². The van der Waals surface area contributed by atoms with E-state index in [0.717, 1.165) is 6.42 Å². The number of aliphatic hydroxyl groups is 2. The van der Waals surface area contributed by atoms with Crippen LogP contribution in [-0.2, 0) is 0 Å². The van der Waals surface area contributed by atoms with Gasteiger partial charge in [-0.2, -0.15) is 0 Å². The Morgan fingerprint density at radius 1 is 1.29 bits per heavy atom. The third-order valence-electron chi connectivity index (χ3n) is 3.55. The first-order valence-corrected chi connectivity index (χ1v) is 5.17. The highest BCUT2D eigenvalue weighted by Gasteiger charge is 2.55. The Bertz CT molecular complexity index is 236. The topological polar surface area (TPSA) is 40.5 Å². The van der Waals surface area contributed by atoms with E-state index in [1.807, 2.05) is 6.92 Å². The van der Waals surface area contributed by atoms with Gasteiger partial charge in [0.1, 0.15) is 0 Å². The summed E-state index contributed by atoms with van der Waals surface area (Å²) in [4.78, 5) is 0. The van der Waals surface area contributed by atoms with Gasteiger partial charge >= 0.3 is 0 Å². The van der Waals surface area contributed by atoms with Gasteiger partial charge in [-0.3, -0.25) is 0 Å². The van der Waals surface area contributed by atoms with E-state index in [1.54, 1.807) is 12.2 Å². The molecule has 0 saturated heterocycles. The minimum absolute atomic E-state index is 0.116. The lowest BCUT2D eigenvalue weighted by atomic mass is 9.77. The highest BCUT2D eigenvalue weighted by atomic mass is 16.4. The van der Waals surface area contributed by atoms with Crippen LogP contribution in [0.5, 0.6) is 0 Å². The van der Waals surface area contributed by atoms with Crippen molar-refractivity contribution in [2.45, 2.75) is 43.8 Å². The maximum Gasteiger partial charge on any atom is 0.0995 e. The monoisotopic (exact) mass is 196 g/mol. The quantitative estimate of drug-likeness (QED) is 0.675. The first-order valence-electron chi connectivity index (χ1n) is 5.17. The lowest BCUT2D eigenvalue weighted by molar-refractivity contribution is -0.143. The molecule has 0 aromatic carbocycles. The molecule has 3 atom stereocenters. The second-order valence-electron chi connectivity index (χ2n) is 4.38. The van der Waals surface area contributed by atoms with Crippen molar-refractivity contribution >= 4 is 0 Å². The molecule has 1 fully saturated rings. The molecule has 1 aliphatic carbocycles. The molecule has 0 aromatic heterocycles. The fraction of sp³-hybridized carbons (Fsp3) is 0.667. The van der Waals surface area contributed by atoms with E-state index in [0.29, 0.717) is 19.3 Å². The van der Waals surface area contributed by atoms with Crippen molar-refractivity contribution in [1.29, 1.82) is 0 Å². The highest BCUT2D eigenvalue weighted by molar-refractivity contribution is 5.12. The summed E-state index contributed by atoms with van der Waals surface area (Å²) >= 11 is 0. The lowest BCUT2D eigenvalue weighted by Gasteiger charge is -2.39.